The van der Waals surface area contributed by atoms with Gasteiger partial charge in [-0.3, -0.25) is 4.79 Å². The van der Waals surface area contributed by atoms with E-state index in [1.165, 1.54) is 11.3 Å². The van der Waals surface area contributed by atoms with Crippen LogP contribution >= 0.6 is 38.9 Å². The Bertz CT molecular complexity index is 580. The Morgan fingerprint density at radius 3 is 2.78 bits per heavy atom. The molecule has 0 spiro atoms. The summed E-state index contributed by atoms with van der Waals surface area (Å²) in [5, 5.41) is 0. The molecule has 0 aliphatic heterocycles. The maximum Gasteiger partial charge on any atom is 0.206 e. The summed E-state index contributed by atoms with van der Waals surface area (Å²) in [6.45, 7) is 2.41. The number of hydrogen-bond donors (Lipinski definition) is 0. The highest BCUT2D eigenvalue weighted by Crippen LogP contribution is 2.29. The third-order valence-corrected chi connectivity index (χ3v) is 4.01. The van der Waals surface area contributed by atoms with Crippen LogP contribution in [0, 0.1) is 0 Å². The summed E-state index contributed by atoms with van der Waals surface area (Å²) in [4.78, 5) is 13.0. The molecular weight excluding hydrogens is 336 g/mol. The number of halogens is 2. The van der Waals surface area contributed by atoms with Gasteiger partial charge in [0.15, 0.2) is 0 Å². The molecule has 0 saturated carbocycles. The Morgan fingerprint density at radius 1 is 1.39 bits per heavy atom. The minimum absolute atomic E-state index is 0.0725. The SMILES string of the molecule is CCOc1ccc(Br)cc1C(=O)c1ccc(Cl)s1. The molecule has 0 radical (unpaired) electrons. The van der Waals surface area contributed by atoms with Crippen molar-refractivity contribution in [1.82, 2.24) is 0 Å². The van der Waals surface area contributed by atoms with Gasteiger partial charge in [0, 0.05) is 4.47 Å². The van der Waals surface area contributed by atoms with Gasteiger partial charge in [-0.2, -0.15) is 0 Å². The maximum absolute atomic E-state index is 12.4. The van der Waals surface area contributed by atoms with Crippen LogP contribution < -0.4 is 4.74 Å². The van der Waals surface area contributed by atoms with Crippen LogP contribution in [0.3, 0.4) is 0 Å². The number of rotatable bonds is 4. The monoisotopic (exact) mass is 344 g/mol. The van der Waals surface area contributed by atoms with Crippen molar-refractivity contribution in [2.24, 2.45) is 0 Å². The van der Waals surface area contributed by atoms with E-state index in [4.69, 9.17) is 16.3 Å². The first kappa shape index (κ1) is 13.6. The molecule has 2 aromatic rings. The predicted molar refractivity (Wildman–Crippen MR) is 78.1 cm³/mol. The molecule has 18 heavy (non-hydrogen) atoms. The van der Waals surface area contributed by atoms with Crippen molar-refractivity contribution in [1.29, 1.82) is 0 Å². The second-order valence-corrected chi connectivity index (χ2v) is 6.14. The molecule has 0 bridgehead atoms. The Hall–Kier alpha value is -0.840. The normalized spacial score (nSPS) is 10.4. The van der Waals surface area contributed by atoms with Gasteiger partial charge in [0.05, 0.1) is 21.4 Å². The third-order valence-electron chi connectivity index (χ3n) is 2.28. The Labute approximate surface area is 123 Å². The molecule has 0 fully saturated rings. The smallest absolute Gasteiger partial charge is 0.206 e. The average Bonchev–Trinajstić information content (AvgIpc) is 2.77. The molecule has 1 aromatic carbocycles. The van der Waals surface area contributed by atoms with Crippen LogP contribution in [0.1, 0.15) is 22.2 Å². The molecule has 94 valence electrons. The lowest BCUT2D eigenvalue weighted by atomic mass is 10.1. The molecule has 0 saturated heterocycles. The van der Waals surface area contributed by atoms with Crippen molar-refractivity contribution in [2.75, 3.05) is 6.61 Å². The number of carbonyl (C=O) groups is 1. The van der Waals surface area contributed by atoms with E-state index in [2.05, 4.69) is 15.9 Å². The van der Waals surface area contributed by atoms with Crippen molar-refractivity contribution in [3.05, 3.63) is 49.6 Å². The van der Waals surface area contributed by atoms with Crippen LogP contribution in [0.15, 0.2) is 34.8 Å². The zero-order chi connectivity index (χ0) is 13.1. The second kappa shape index (κ2) is 5.87. The number of hydrogen-bond acceptors (Lipinski definition) is 3. The van der Waals surface area contributed by atoms with Crippen molar-refractivity contribution < 1.29 is 9.53 Å². The minimum Gasteiger partial charge on any atom is -0.493 e. The Kier molecular flexibility index (Phi) is 4.43. The van der Waals surface area contributed by atoms with Crippen molar-refractivity contribution in [2.45, 2.75) is 6.92 Å². The summed E-state index contributed by atoms with van der Waals surface area (Å²) in [6, 6.07) is 8.85. The molecule has 5 heteroatoms. The van der Waals surface area contributed by atoms with Gasteiger partial charge in [0.1, 0.15) is 5.75 Å². The maximum atomic E-state index is 12.4. The fourth-order valence-electron chi connectivity index (χ4n) is 1.53. The molecule has 0 unspecified atom stereocenters. The molecule has 1 aromatic heterocycles. The average molecular weight is 346 g/mol. The zero-order valence-corrected chi connectivity index (χ0v) is 12.7. The highest BCUT2D eigenvalue weighted by Gasteiger charge is 2.17. The summed E-state index contributed by atoms with van der Waals surface area (Å²) in [5.41, 5.74) is 0.546. The van der Waals surface area contributed by atoms with Crippen LogP contribution in [-0.2, 0) is 0 Å². The Morgan fingerprint density at radius 2 is 2.17 bits per heavy atom. The van der Waals surface area contributed by atoms with E-state index in [1.807, 2.05) is 13.0 Å². The summed E-state index contributed by atoms with van der Waals surface area (Å²) in [7, 11) is 0. The van der Waals surface area contributed by atoms with Gasteiger partial charge in [0.25, 0.3) is 0 Å². The van der Waals surface area contributed by atoms with Crippen molar-refractivity contribution in [3.63, 3.8) is 0 Å². The minimum atomic E-state index is -0.0725. The van der Waals surface area contributed by atoms with E-state index >= 15 is 0 Å². The first-order valence-corrected chi connectivity index (χ1v) is 7.33. The summed E-state index contributed by atoms with van der Waals surface area (Å²) >= 11 is 10.5. The lowest BCUT2D eigenvalue weighted by molar-refractivity contribution is 0.103. The number of carbonyl (C=O) groups excluding carboxylic acids is 1. The largest absolute Gasteiger partial charge is 0.493 e. The molecule has 1 heterocycles. The second-order valence-electron chi connectivity index (χ2n) is 3.51. The van der Waals surface area contributed by atoms with Gasteiger partial charge in [-0.25, -0.2) is 0 Å². The molecule has 0 N–H and O–H groups in total. The first-order chi connectivity index (χ1) is 8.61. The van der Waals surface area contributed by atoms with Gasteiger partial charge >= 0.3 is 0 Å². The number of ketones is 1. The molecule has 0 aliphatic rings. The van der Waals surface area contributed by atoms with Crippen molar-refractivity contribution >= 4 is 44.7 Å². The standard InChI is InChI=1S/C13H10BrClO2S/c1-2-17-10-4-3-8(14)7-9(10)13(16)11-5-6-12(15)18-11/h3-7H,2H2,1H3. The van der Waals surface area contributed by atoms with Crippen LogP contribution in [0.25, 0.3) is 0 Å². The lowest BCUT2D eigenvalue weighted by Gasteiger charge is -2.08. The van der Waals surface area contributed by atoms with Gasteiger partial charge in [-0.05, 0) is 37.3 Å². The molecule has 0 amide bonds. The summed E-state index contributed by atoms with van der Waals surface area (Å²) < 4.78 is 6.92. The van der Waals surface area contributed by atoms with E-state index in [-0.39, 0.29) is 5.78 Å². The Balaban J connectivity index is 2.42. The van der Waals surface area contributed by atoms with Gasteiger partial charge < -0.3 is 4.74 Å². The number of thiophene rings is 1. The fourth-order valence-corrected chi connectivity index (χ4v) is 2.89. The van der Waals surface area contributed by atoms with Crippen molar-refractivity contribution in [3.8, 4) is 5.75 Å². The topological polar surface area (TPSA) is 26.3 Å². The highest BCUT2D eigenvalue weighted by molar-refractivity contribution is 9.10. The van der Waals surface area contributed by atoms with Crippen LogP contribution in [0.2, 0.25) is 4.34 Å². The third kappa shape index (κ3) is 2.94. The molecule has 0 aliphatic carbocycles. The van der Waals surface area contributed by atoms with Gasteiger partial charge in [0.2, 0.25) is 5.78 Å². The molecular formula is C13H10BrClO2S. The van der Waals surface area contributed by atoms with E-state index in [0.29, 0.717) is 27.1 Å². The van der Waals surface area contributed by atoms with E-state index in [9.17, 15) is 4.79 Å². The van der Waals surface area contributed by atoms with Crippen LogP contribution in [0.5, 0.6) is 5.75 Å². The van der Waals surface area contributed by atoms with Crippen LogP contribution in [-0.4, -0.2) is 12.4 Å². The number of benzene rings is 1. The predicted octanol–water partition coefficient (Wildman–Crippen LogP) is 4.79. The molecule has 0 atom stereocenters. The summed E-state index contributed by atoms with van der Waals surface area (Å²) in [6.07, 6.45) is 0. The van der Waals surface area contributed by atoms with E-state index < -0.39 is 0 Å². The first-order valence-electron chi connectivity index (χ1n) is 5.34. The lowest BCUT2D eigenvalue weighted by Crippen LogP contribution is -2.04. The summed E-state index contributed by atoms with van der Waals surface area (Å²) in [5.74, 6) is 0.520. The number of ether oxygens (including phenoxy) is 1. The van der Waals surface area contributed by atoms with E-state index in [1.54, 1.807) is 24.3 Å². The highest BCUT2D eigenvalue weighted by atomic mass is 79.9. The quantitative estimate of drug-likeness (QED) is 0.744. The molecule has 2 nitrogen and oxygen atoms in total. The van der Waals surface area contributed by atoms with Gasteiger partial charge in [-0.1, -0.05) is 27.5 Å². The molecule has 2 rings (SSSR count). The van der Waals surface area contributed by atoms with Crippen LogP contribution in [0.4, 0.5) is 0 Å². The zero-order valence-electron chi connectivity index (χ0n) is 9.57. The van der Waals surface area contributed by atoms with Gasteiger partial charge in [-0.15, -0.1) is 11.3 Å². The fraction of sp³-hybridized carbons (Fsp3) is 0.154. The van der Waals surface area contributed by atoms with E-state index in [0.717, 1.165) is 4.47 Å².